The maximum absolute atomic E-state index is 10.5. The quantitative estimate of drug-likeness (QED) is 0.289. The van der Waals surface area contributed by atoms with Crippen molar-refractivity contribution in [2.24, 2.45) is 23.7 Å². The normalized spacial score (nSPS) is 15.0. The minimum absolute atomic E-state index is 0.295. The van der Waals surface area contributed by atoms with Crippen LogP contribution in [-0.2, 0) is 0 Å². The molecule has 0 aliphatic rings. The van der Waals surface area contributed by atoms with Crippen molar-refractivity contribution in [1.82, 2.24) is 0 Å². The van der Waals surface area contributed by atoms with Crippen molar-refractivity contribution in [3.63, 3.8) is 0 Å². The molecule has 3 atom stereocenters. The molecule has 2 nitrogen and oxygen atoms in total. The molecule has 0 bridgehead atoms. The van der Waals surface area contributed by atoms with Gasteiger partial charge in [0.1, 0.15) is 11.5 Å². The second-order valence-electron chi connectivity index (χ2n) is 10.7. The molecular weight excluding hydrogens is 380 g/mol. The van der Waals surface area contributed by atoms with Crippen LogP contribution in [0.2, 0.25) is 0 Å². The predicted octanol–water partition coefficient (Wildman–Crippen LogP) is 9.11. The number of hydrogen-bond donors (Lipinski definition) is 2. The first kappa shape index (κ1) is 27.6. The summed E-state index contributed by atoms with van der Waals surface area (Å²) >= 11 is 0. The topological polar surface area (TPSA) is 40.5 Å². The molecule has 2 heteroatoms. The highest BCUT2D eigenvalue weighted by Gasteiger charge is 2.14. The zero-order valence-electron chi connectivity index (χ0n) is 21.7. The van der Waals surface area contributed by atoms with E-state index in [1.54, 1.807) is 0 Å². The molecule has 0 aromatic heterocycles. The van der Waals surface area contributed by atoms with Crippen molar-refractivity contribution in [2.75, 3.05) is 0 Å². The van der Waals surface area contributed by atoms with Crippen LogP contribution in [-0.4, -0.2) is 10.2 Å². The van der Waals surface area contributed by atoms with Crippen LogP contribution in [0.5, 0.6) is 11.5 Å². The van der Waals surface area contributed by atoms with Crippen molar-refractivity contribution in [1.29, 1.82) is 0 Å². The fourth-order valence-corrected chi connectivity index (χ4v) is 4.47. The summed E-state index contributed by atoms with van der Waals surface area (Å²) in [6, 6.07) is 0. The van der Waals surface area contributed by atoms with Crippen LogP contribution in [0.1, 0.15) is 115 Å². The first-order valence-electron chi connectivity index (χ1n) is 12.7. The third-order valence-electron chi connectivity index (χ3n) is 7.11. The lowest BCUT2D eigenvalue weighted by Gasteiger charge is -2.16. The zero-order chi connectivity index (χ0) is 23.6. The Balaban J connectivity index is 2.34. The second-order valence-corrected chi connectivity index (χ2v) is 10.7. The number of benzene rings is 1. The molecule has 0 saturated heterocycles. The van der Waals surface area contributed by atoms with E-state index in [2.05, 4.69) is 40.7 Å². The van der Waals surface area contributed by atoms with Crippen molar-refractivity contribution >= 4 is 6.08 Å². The third kappa shape index (κ3) is 9.71. The standard InChI is InChI=1S/C29H50O2/c1-20(2)12-9-13-21(3)14-10-15-22(4)16-11-17-23(5)18-19-27-26(8)28(30)24(6)25(7)29(27)31/h18-23,30-31H,9-17H2,1-8H3/t21-,22+,23+/m1/s1. The van der Waals surface area contributed by atoms with Crippen molar-refractivity contribution in [3.8, 4) is 11.5 Å². The van der Waals surface area contributed by atoms with E-state index in [0.29, 0.717) is 17.4 Å². The summed E-state index contributed by atoms with van der Waals surface area (Å²) in [6.07, 6.45) is 16.2. The SMILES string of the molecule is Cc1c(C)c(O)c(C=C[C@@H](C)CCC[C@@H](C)CCC[C@H](C)CCCC(C)C)c(C)c1O. The summed E-state index contributed by atoms with van der Waals surface area (Å²) in [5.74, 6) is 3.58. The molecule has 0 amide bonds. The van der Waals surface area contributed by atoms with Crippen LogP contribution in [0.15, 0.2) is 6.08 Å². The van der Waals surface area contributed by atoms with Crippen LogP contribution < -0.4 is 0 Å². The van der Waals surface area contributed by atoms with Gasteiger partial charge >= 0.3 is 0 Å². The highest BCUT2D eigenvalue weighted by molar-refractivity contribution is 5.68. The largest absolute Gasteiger partial charge is 0.507 e. The lowest BCUT2D eigenvalue weighted by molar-refractivity contribution is 0.383. The van der Waals surface area contributed by atoms with E-state index in [9.17, 15) is 10.2 Å². The maximum Gasteiger partial charge on any atom is 0.126 e. The molecule has 0 spiro atoms. The number of hydrogen-bond acceptors (Lipinski definition) is 2. The van der Waals surface area contributed by atoms with Gasteiger partial charge in [0.25, 0.3) is 0 Å². The van der Waals surface area contributed by atoms with E-state index in [4.69, 9.17) is 0 Å². The van der Waals surface area contributed by atoms with E-state index in [1.807, 2.05) is 26.8 Å². The molecule has 31 heavy (non-hydrogen) atoms. The predicted molar refractivity (Wildman–Crippen MR) is 137 cm³/mol. The molecule has 0 unspecified atom stereocenters. The highest BCUT2D eigenvalue weighted by Crippen LogP contribution is 2.37. The van der Waals surface area contributed by atoms with Crippen LogP contribution in [0.3, 0.4) is 0 Å². The number of phenolic OH excluding ortho intramolecular Hbond substituents is 2. The van der Waals surface area contributed by atoms with Crippen molar-refractivity contribution in [3.05, 3.63) is 28.3 Å². The van der Waals surface area contributed by atoms with Gasteiger partial charge in [-0.3, -0.25) is 0 Å². The summed E-state index contributed by atoms with van der Waals surface area (Å²) in [5.41, 5.74) is 3.04. The Labute approximate surface area is 193 Å². The average Bonchev–Trinajstić information content (AvgIpc) is 2.70. The first-order valence-corrected chi connectivity index (χ1v) is 12.7. The monoisotopic (exact) mass is 430 g/mol. The Morgan fingerprint density at radius 1 is 0.613 bits per heavy atom. The van der Waals surface area contributed by atoms with Gasteiger partial charge in [0.15, 0.2) is 0 Å². The molecule has 0 aliphatic heterocycles. The summed E-state index contributed by atoms with van der Waals surface area (Å²) in [7, 11) is 0. The molecule has 178 valence electrons. The Bertz CT molecular complexity index is 657. The molecular formula is C29H50O2. The number of allylic oxidation sites excluding steroid dienone is 1. The first-order chi connectivity index (χ1) is 14.5. The van der Waals surface area contributed by atoms with Crippen molar-refractivity contribution < 1.29 is 10.2 Å². The van der Waals surface area contributed by atoms with E-state index >= 15 is 0 Å². The van der Waals surface area contributed by atoms with Gasteiger partial charge in [-0.25, -0.2) is 0 Å². The highest BCUT2D eigenvalue weighted by atomic mass is 16.3. The smallest absolute Gasteiger partial charge is 0.126 e. The minimum Gasteiger partial charge on any atom is -0.507 e. The Morgan fingerprint density at radius 2 is 1.06 bits per heavy atom. The minimum atomic E-state index is 0.295. The summed E-state index contributed by atoms with van der Waals surface area (Å²) in [4.78, 5) is 0. The molecule has 1 rings (SSSR count). The van der Waals surface area contributed by atoms with Crippen LogP contribution in [0.4, 0.5) is 0 Å². The molecule has 0 heterocycles. The Morgan fingerprint density at radius 3 is 1.58 bits per heavy atom. The summed E-state index contributed by atoms with van der Waals surface area (Å²) < 4.78 is 0. The van der Waals surface area contributed by atoms with Crippen LogP contribution in [0.25, 0.3) is 6.08 Å². The summed E-state index contributed by atoms with van der Waals surface area (Å²) in [6.45, 7) is 17.3. The number of aromatic hydroxyl groups is 2. The van der Waals surface area contributed by atoms with E-state index in [1.165, 1.54) is 57.8 Å². The third-order valence-corrected chi connectivity index (χ3v) is 7.11. The molecule has 2 N–H and O–H groups in total. The Hall–Kier alpha value is -1.44. The zero-order valence-corrected chi connectivity index (χ0v) is 21.7. The fourth-order valence-electron chi connectivity index (χ4n) is 4.47. The Kier molecular flexibility index (Phi) is 12.3. The van der Waals surface area contributed by atoms with Crippen molar-refractivity contribution in [2.45, 2.75) is 113 Å². The van der Waals surface area contributed by atoms with Crippen LogP contribution >= 0.6 is 0 Å². The van der Waals surface area contributed by atoms with Gasteiger partial charge < -0.3 is 10.2 Å². The van der Waals surface area contributed by atoms with Gasteiger partial charge in [-0.05, 0) is 62.0 Å². The van der Waals surface area contributed by atoms with Gasteiger partial charge in [0, 0.05) is 11.1 Å². The maximum atomic E-state index is 10.5. The average molecular weight is 431 g/mol. The second kappa shape index (κ2) is 13.9. The fraction of sp³-hybridized carbons (Fsp3) is 0.724. The molecule has 0 radical (unpaired) electrons. The van der Waals surface area contributed by atoms with E-state index in [-0.39, 0.29) is 0 Å². The van der Waals surface area contributed by atoms with E-state index in [0.717, 1.165) is 40.0 Å². The van der Waals surface area contributed by atoms with Gasteiger partial charge in [0.2, 0.25) is 0 Å². The molecule has 0 fully saturated rings. The summed E-state index contributed by atoms with van der Waals surface area (Å²) in [5, 5.41) is 20.8. The number of rotatable bonds is 14. The lowest BCUT2D eigenvalue weighted by atomic mass is 9.91. The van der Waals surface area contributed by atoms with Crippen LogP contribution in [0, 0.1) is 44.4 Å². The molecule has 1 aromatic carbocycles. The van der Waals surface area contributed by atoms with Gasteiger partial charge in [-0.2, -0.15) is 0 Å². The molecule has 0 aliphatic carbocycles. The lowest BCUT2D eigenvalue weighted by Crippen LogP contribution is -2.01. The van der Waals surface area contributed by atoms with E-state index < -0.39 is 0 Å². The number of phenols is 2. The molecule has 1 aromatic rings. The molecule has 0 saturated carbocycles. The van der Waals surface area contributed by atoms with Gasteiger partial charge in [-0.1, -0.05) is 98.1 Å². The van der Waals surface area contributed by atoms with Gasteiger partial charge in [0.05, 0.1) is 0 Å². The van der Waals surface area contributed by atoms with Gasteiger partial charge in [-0.15, -0.1) is 0 Å².